The maximum absolute atomic E-state index is 11.3. The summed E-state index contributed by atoms with van der Waals surface area (Å²) in [7, 11) is 0. The topological polar surface area (TPSA) is 64.4 Å². The maximum atomic E-state index is 11.3. The third-order valence-corrected chi connectivity index (χ3v) is 5.92. The number of rotatable bonds is 4. The van der Waals surface area contributed by atoms with Crippen LogP contribution in [-0.4, -0.2) is 17.7 Å². The van der Waals surface area contributed by atoms with Gasteiger partial charge in [-0.05, 0) is 55.4 Å². The van der Waals surface area contributed by atoms with Crippen molar-refractivity contribution in [2.75, 3.05) is 0 Å². The summed E-state index contributed by atoms with van der Waals surface area (Å²) >= 11 is 0. The molecule has 4 aliphatic rings. The molecule has 2 atom stereocenters. The van der Waals surface area contributed by atoms with Crippen LogP contribution in [0, 0.1) is 17.8 Å². The molecule has 126 valence electrons. The fourth-order valence-corrected chi connectivity index (χ4v) is 5.45. The molecule has 0 spiro atoms. The van der Waals surface area contributed by atoms with Gasteiger partial charge in [0.2, 0.25) is 0 Å². The summed E-state index contributed by atoms with van der Waals surface area (Å²) < 4.78 is 5.57. The molecule has 5 heteroatoms. The minimum atomic E-state index is -0.601. The zero-order valence-corrected chi connectivity index (χ0v) is 14.1. The molecule has 0 radical (unpaired) electrons. The Hall–Kier alpha value is -1.26. The van der Waals surface area contributed by atoms with Gasteiger partial charge in [0, 0.05) is 12.6 Å². The molecular weight excluding hydrogens is 312 g/mol. The van der Waals surface area contributed by atoms with E-state index in [1.165, 1.54) is 18.4 Å². The molecule has 0 aliphatic heterocycles. The molecule has 0 saturated heterocycles. The fourth-order valence-electron chi connectivity index (χ4n) is 5.45. The van der Waals surface area contributed by atoms with Crippen molar-refractivity contribution in [3.05, 3.63) is 35.9 Å². The molecule has 4 fully saturated rings. The van der Waals surface area contributed by atoms with Crippen molar-refractivity contribution < 1.29 is 9.53 Å². The second kappa shape index (κ2) is 6.33. The first-order valence-electron chi connectivity index (χ1n) is 8.39. The van der Waals surface area contributed by atoms with Crippen LogP contribution in [0.25, 0.3) is 0 Å². The van der Waals surface area contributed by atoms with E-state index < -0.39 is 6.09 Å². The molecule has 4 aliphatic carbocycles. The average Bonchev–Trinajstić information content (AvgIpc) is 2.45. The summed E-state index contributed by atoms with van der Waals surface area (Å²) in [4.78, 5) is 11.3. The van der Waals surface area contributed by atoms with E-state index in [0.29, 0.717) is 23.8 Å². The third-order valence-electron chi connectivity index (χ3n) is 5.92. The van der Waals surface area contributed by atoms with Gasteiger partial charge in [-0.3, -0.25) is 0 Å². The van der Waals surface area contributed by atoms with Gasteiger partial charge in [0.05, 0.1) is 0 Å². The van der Waals surface area contributed by atoms with Gasteiger partial charge >= 0.3 is 6.09 Å². The summed E-state index contributed by atoms with van der Waals surface area (Å²) in [6.45, 7) is 0.923. The zero-order valence-electron chi connectivity index (χ0n) is 13.2. The molecular formula is C18H25ClN2O2. The lowest BCUT2D eigenvalue weighted by molar-refractivity contribution is -0.139. The van der Waals surface area contributed by atoms with Crippen molar-refractivity contribution in [1.82, 2.24) is 5.32 Å². The number of ether oxygens (including phenoxy) is 1. The highest BCUT2D eigenvalue weighted by atomic mass is 35.5. The fraction of sp³-hybridized carbons (Fsp3) is 0.611. The number of carbonyl (C=O) groups excluding carboxylic acids is 1. The highest BCUT2D eigenvalue weighted by Gasteiger charge is 2.57. The average molecular weight is 337 g/mol. The molecule has 5 rings (SSSR count). The Morgan fingerprint density at radius 2 is 1.83 bits per heavy atom. The second-order valence-electron chi connectivity index (χ2n) is 7.47. The van der Waals surface area contributed by atoms with E-state index in [1.807, 2.05) is 0 Å². The molecule has 1 aromatic carbocycles. The summed E-state index contributed by atoms with van der Waals surface area (Å²) in [6.07, 6.45) is 4.93. The second-order valence-corrected chi connectivity index (χ2v) is 7.47. The van der Waals surface area contributed by atoms with Gasteiger partial charge in [0.1, 0.15) is 5.60 Å². The van der Waals surface area contributed by atoms with Crippen molar-refractivity contribution in [1.29, 1.82) is 0 Å². The number of hydrogen-bond donors (Lipinski definition) is 2. The van der Waals surface area contributed by atoms with Crippen LogP contribution < -0.4 is 11.1 Å². The van der Waals surface area contributed by atoms with Crippen molar-refractivity contribution in [3.63, 3.8) is 0 Å². The number of hydrogen-bond acceptors (Lipinski definition) is 3. The predicted molar refractivity (Wildman–Crippen MR) is 91.3 cm³/mol. The van der Waals surface area contributed by atoms with Gasteiger partial charge in [-0.25, -0.2) is 4.79 Å². The van der Waals surface area contributed by atoms with Gasteiger partial charge in [-0.1, -0.05) is 30.3 Å². The standard InChI is InChI=1S/C18H24N2O2.ClH/c19-17(21)22-18-8-13-6-14(9-18)16(15(7-13)10-18)20-11-12-4-2-1-3-5-12;/h1-5,13-16,20H,6-11H2,(H2,19,21);1H. The summed E-state index contributed by atoms with van der Waals surface area (Å²) in [6, 6.07) is 11.1. The van der Waals surface area contributed by atoms with E-state index in [-0.39, 0.29) is 18.0 Å². The maximum Gasteiger partial charge on any atom is 0.405 e. The number of amides is 1. The van der Waals surface area contributed by atoms with Crippen LogP contribution in [0.15, 0.2) is 30.3 Å². The van der Waals surface area contributed by atoms with Crippen molar-refractivity contribution >= 4 is 18.5 Å². The largest absolute Gasteiger partial charge is 0.443 e. The van der Waals surface area contributed by atoms with Crippen molar-refractivity contribution in [2.24, 2.45) is 23.5 Å². The first kappa shape index (κ1) is 16.6. The van der Waals surface area contributed by atoms with Crippen molar-refractivity contribution in [2.45, 2.75) is 50.3 Å². The van der Waals surface area contributed by atoms with Crippen LogP contribution in [-0.2, 0) is 11.3 Å². The highest BCUT2D eigenvalue weighted by Crippen LogP contribution is 2.57. The molecule has 4 saturated carbocycles. The minimum Gasteiger partial charge on any atom is -0.443 e. The summed E-state index contributed by atoms with van der Waals surface area (Å²) in [5, 5.41) is 3.78. The minimum absolute atomic E-state index is 0. The van der Waals surface area contributed by atoms with Crippen molar-refractivity contribution in [3.8, 4) is 0 Å². The Morgan fingerprint density at radius 1 is 1.17 bits per heavy atom. The monoisotopic (exact) mass is 336 g/mol. The third kappa shape index (κ3) is 3.20. The number of benzene rings is 1. The lowest BCUT2D eigenvalue weighted by Gasteiger charge is -2.59. The van der Waals surface area contributed by atoms with E-state index >= 15 is 0 Å². The number of primary amides is 1. The van der Waals surface area contributed by atoms with E-state index in [1.54, 1.807) is 0 Å². The number of halogens is 1. The molecule has 3 N–H and O–H groups in total. The molecule has 0 aromatic heterocycles. The van der Waals surface area contributed by atoms with Gasteiger partial charge in [-0.2, -0.15) is 0 Å². The zero-order chi connectivity index (χ0) is 15.2. The van der Waals surface area contributed by atoms with Crippen LogP contribution in [0.1, 0.15) is 37.7 Å². The molecule has 4 nitrogen and oxygen atoms in total. The van der Waals surface area contributed by atoms with Gasteiger partial charge in [0.15, 0.2) is 0 Å². The van der Waals surface area contributed by atoms with Crippen LogP contribution in [0.5, 0.6) is 0 Å². The Morgan fingerprint density at radius 3 is 2.43 bits per heavy atom. The Balaban J connectivity index is 0.00000156. The smallest absolute Gasteiger partial charge is 0.405 e. The van der Waals surface area contributed by atoms with E-state index in [2.05, 4.69) is 35.6 Å². The Labute approximate surface area is 143 Å². The van der Waals surface area contributed by atoms with Crippen LogP contribution in [0.2, 0.25) is 0 Å². The number of carbonyl (C=O) groups is 1. The Bertz CT molecular complexity index is 549. The quantitative estimate of drug-likeness (QED) is 0.887. The van der Waals surface area contributed by atoms with Gasteiger partial charge < -0.3 is 15.8 Å². The predicted octanol–water partition coefficient (Wildman–Crippen LogP) is 3.24. The van der Waals surface area contributed by atoms with Crippen LogP contribution in [0.3, 0.4) is 0 Å². The van der Waals surface area contributed by atoms with Crippen LogP contribution in [0.4, 0.5) is 4.79 Å². The first-order valence-corrected chi connectivity index (χ1v) is 8.39. The normalized spacial score (nSPS) is 37.2. The summed E-state index contributed by atoms with van der Waals surface area (Å²) in [5.41, 5.74) is 6.38. The first-order chi connectivity index (χ1) is 10.6. The molecule has 23 heavy (non-hydrogen) atoms. The van der Waals surface area contributed by atoms with E-state index in [9.17, 15) is 4.79 Å². The molecule has 4 bridgehead atoms. The molecule has 1 aromatic rings. The van der Waals surface area contributed by atoms with E-state index in [0.717, 1.165) is 25.8 Å². The van der Waals surface area contributed by atoms with Crippen LogP contribution >= 0.6 is 12.4 Å². The SMILES string of the molecule is Cl.NC(=O)OC12CC3CC(C1)C(NCc1ccccc1)C(C3)C2. The lowest BCUT2D eigenvalue weighted by atomic mass is 9.52. The number of nitrogens with two attached hydrogens (primary N) is 1. The van der Waals surface area contributed by atoms with Gasteiger partial charge in [-0.15, -0.1) is 12.4 Å². The van der Waals surface area contributed by atoms with E-state index in [4.69, 9.17) is 10.5 Å². The van der Waals surface area contributed by atoms with Gasteiger partial charge in [0.25, 0.3) is 0 Å². The molecule has 1 amide bonds. The highest BCUT2D eigenvalue weighted by molar-refractivity contribution is 5.85. The molecule has 2 unspecified atom stereocenters. The summed E-state index contributed by atoms with van der Waals surface area (Å²) in [5.74, 6) is 1.95. The number of nitrogens with one attached hydrogen (secondary N) is 1. The lowest BCUT2D eigenvalue weighted by Crippen LogP contribution is -2.62. The Kier molecular flexibility index (Phi) is 4.56. The molecule has 0 heterocycles.